The number of benzene rings is 1. The molecule has 0 bridgehead atoms. The predicted molar refractivity (Wildman–Crippen MR) is 137 cm³/mol. The first-order valence-corrected chi connectivity index (χ1v) is 13.2. The molecule has 4 rings (SSSR count). The molecule has 0 amide bonds. The van der Waals surface area contributed by atoms with E-state index in [-0.39, 0.29) is 30.0 Å². The first kappa shape index (κ1) is 29.4. The van der Waals surface area contributed by atoms with E-state index in [2.05, 4.69) is 46.6 Å². The summed E-state index contributed by atoms with van der Waals surface area (Å²) in [5.74, 6) is -0.411. The molecule has 1 aliphatic carbocycles. The highest BCUT2D eigenvalue weighted by atomic mass is 19.3. The van der Waals surface area contributed by atoms with Gasteiger partial charge < -0.3 is 30.4 Å². The minimum Gasteiger partial charge on any atom is -0.471 e. The van der Waals surface area contributed by atoms with Crippen molar-refractivity contribution in [2.24, 2.45) is 11.1 Å². The van der Waals surface area contributed by atoms with Crippen LogP contribution in [0.4, 0.5) is 17.6 Å². The van der Waals surface area contributed by atoms with E-state index in [1.807, 2.05) is 6.20 Å². The number of fused-ring (bicyclic) bond motifs is 1. The number of alkyl halides is 4. The molecule has 1 fully saturated rings. The molecule has 0 radical (unpaired) electrons. The largest absolute Gasteiger partial charge is 0.471 e. The summed E-state index contributed by atoms with van der Waals surface area (Å²) in [5, 5.41) is 14.3. The van der Waals surface area contributed by atoms with Crippen LogP contribution in [0.5, 0.6) is 17.4 Å². The fourth-order valence-electron chi connectivity index (χ4n) is 5.23. The monoisotopic (exact) mass is 555 g/mol. The van der Waals surface area contributed by atoms with E-state index in [1.54, 1.807) is 0 Å². The lowest BCUT2D eigenvalue weighted by molar-refractivity contribution is -0.0692. The normalized spacial score (nSPS) is 19.8. The Morgan fingerprint density at radius 1 is 1.10 bits per heavy atom. The van der Waals surface area contributed by atoms with Gasteiger partial charge in [0, 0.05) is 36.8 Å². The number of pyridine rings is 1. The van der Waals surface area contributed by atoms with Gasteiger partial charge in [-0.1, -0.05) is 26.8 Å². The summed E-state index contributed by atoms with van der Waals surface area (Å²) in [6.45, 7) is 0.270. The number of ether oxygens (including phenoxy) is 3. The van der Waals surface area contributed by atoms with Gasteiger partial charge in [0.15, 0.2) is 11.5 Å². The highest BCUT2D eigenvalue weighted by Gasteiger charge is 2.46. The maximum Gasteiger partial charge on any atom is 0.387 e. The Kier molecular flexibility index (Phi) is 8.92. The SMILES string of the molecule is CC(C)(C)Cc1cnc2c(c1)[C@@H](NC[C@@H](O)[C@@H](N)Cc1ccc(OC(F)F)c(OC(F)F)c1)CC1(CCC1)O2. The maximum absolute atomic E-state index is 12.8. The molecule has 1 aromatic heterocycles. The van der Waals surface area contributed by atoms with Crippen LogP contribution < -0.4 is 25.3 Å². The summed E-state index contributed by atoms with van der Waals surface area (Å²) in [5.41, 5.74) is 8.59. The number of aliphatic hydroxyl groups is 1. The minimum atomic E-state index is -3.22. The Bertz CT molecular complexity index is 1120. The summed E-state index contributed by atoms with van der Waals surface area (Å²) in [6.07, 6.45) is 5.60. The van der Waals surface area contributed by atoms with Crippen molar-refractivity contribution < 1.29 is 36.9 Å². The van der Waals surface area contributed by atoms with E-state index >= 15 is 0 Å². The first-order chi connectivity index (χ1) is 18.3. The van der Waals surface area contributed by atoms with Crippen LogP contribution in [0.2, 0.25) is 0 Å². The van der Waals surface area contributed by atoms with Crippen molar-refractivity contribution in [1.29, 1.82) is 0 Å². The molecule has 11 heteroatoms. The van der Waals surface area contributed by atoms with E-state index in [0.29, 0.717) is 11.4 Å². The smallest absolute Gasteiger partial charge is 0.387 e. The lowest BCUT2D eigenvalue weighted by Crippen LogP contribution is -2.51. The molecule has 1 aliphatic heterocycles. The number of rotatable bonds is 11. The molecule has 2 aliphatic rings. The Morgan fingerprint density at radius 2 is 1.79 bits per heavy atom. The standard InChI is InChI=1S/C28H37F4N3O4/c1-27(2,3)12-17-9-18-20(13-28(7-4-8-28)39-24(18)35-14-17)34-15-21(36)19(33)10-16-5-6-22(37-25(29)30)23(11-16)38-26(31)32/h5-6,9,11,14,19-21,25-26,34,36H,4,7-8,10,12-13,15,33H2,1-3H3/t19-,20-,21+/m0/s1. The molecular weight excluding hydrogens is 518 g/mol. The fraction of sp³-hybridized carbons (Fsp3) is 0.607. The van der Waals surface area contributed by atoms with Crippen molar-refractivity contribution in [3.63, 3.8) is 0 Å². The van der Waals surface area contributed by atoms with Gasteiger partial charge in [0.1, 0.15) is 5.60 Å². The van der Waals surface area contributed by atoms with E-state index < -0.39 is 36.9 Å². The zero-order valence-corrected chi connectivity index (χ0v) is 22.4. The number of aliphatic hydroxyl groups excluding tert-OH is 1. The molecule has 2 aromatic rings. The minimum absolute atomic E-state index is 0.0832. The summed E-state index contributed by atoms with van der Waals surface area (Å²) < 4.78 is 65.7. The van der Waals surface area contributed by atoms with Crippen LogP contribution in [0.25, 0.3) is 0 Å². The zero-order chi connectivity index (χ0) is 28.4. The lowest BCUT2D eigenvalue weighted by atomic mass is 9.73. The molecule has 1 spiro atoms. The molecule has 0 saturated heterocycles. The maximum atomic E-state index is 12.8. The van der Waals surface area contributed by atoms with Crippen molar-refractivity contribution in [3.05, 3.63) is 47.2 Å². The Hall–Kier alpha value is -2.63. The topological polar surface area (TPSA) is 98.9 Å². The molecule has 39 heavy (non-hydrogen) atoms. The third kappa shape index (κ3) is 7.73. The van der Waals surface area contributed by atoms with Crippen LogP contribution in [0.1, 0.15) is 69.2 Å². The second-order valence-corrected chi connectivity index (χ2v) is 11.8. The predicted octanol–water partition coefficient (Wildman–Crippen LogP) is 5.14. The Morgan fingerprint density at radius 3 is 2.41 bits per heavy atom. The van der Waals surface area contributed by atoms with Gasteiger partial charge in [0.2, 0.25) is 5.88 Å². The van der Waals surface area contributed by atoms with Gasteiger partial charge in [-0.05, 0) is 66.8 Å². The van der Waals surface area contributed by atoms with Crippen LogP contribution in [0, 0.1) is 5.41 Å². The Labute approximate surface area is 226 Å². The number of nitrogens with zero attached hydrogens (tertiary/aromatic N) is 1. The molecule has 1 saturated carbocycles. The van der Waals surface area contributed by atoms with Crippen molar-refractivity contribution in [2.45, 2.75) is 96.3 Å². The average molecular weight is 556 g/mol. The third-order valence-electron chi connectivity index (χ3n) is 7.18. The van der Waals surface area contributed by atoms with Gasteiger partial charge in [0.05, 0.1) is 6.10 Å². The van der Waals surface area contributed by atoms with Gasteiger partial charge in [-0.15, -0.1) is 0 Å². The Balaban J connectivity index is 1.43. The van der Waals surface area contributed by atoms with Crippen LogP contribution in [0.15, 0.2) is 30.5 Å². The van der Waals surface area contributed by atoms with Crippen molar-refractivity contribution >= 4 is 0 Å². The summed E-state index contributed by atoms with van der Waals surface area (Å²) in [7, 11) is 0. The summed E-state index contributed by atoms with van der Waals surface area (Å²) in [6, 6.07) is 4.99. The quantitative estimate of drug-likeness (QED) is 0.330. The van der Waals surface area contributed by atoms with Crippen LogP contribution in [0.3, 0.4) is 0 Å². The number of hydrogen-bond donors (Lipinski definition) is 3. The highest BCUT2D eigenvalue weighted by molar-refractivity contribution is 5.43. The molecule has 216 valence electrons. The van der Waals surface area contributed by atoms with E-state index in [0.717, 1.165) is 49.3 Å². The number of aromatic nitrogens is 1. The number of nitrogens with two attached hydrogens (primary N) is 1. The molecule has 7 nitrogen and oxygen atoms in total. The van der Waals surface area contributed by atoms with E-state index in [4.69, 9.17) is 10.5 Å². The second-order valence-electron chi connectivity index (χ2n) is 11.8. The van der Waals surface area contributed by atoms with Gasteiger partial charge in [-0.25, -0.2) is 4.98 Å². The zero-order valence-electron chi connectivity index (χ0n) is 22.4. The van der Waals surface area contributed by atoms with Crippen molar-refractivity contribution in [1.82, 2.24) is 10.3 Å². The van der Waals surface area contributed by atoms with Gasteiger partial charge in [0.25, 0.3) is 0 Å². The molecule has 3 atom stereocenters. The molecule has 1 aromatic carbocycles. The molecule has 4 N–H and O–H groups in total. The first-order valence-electron chi connectivity index (χ1n) is 13.2. The van der Waals surface area contributed by atoms with Crippen LogP contribution >= 0.6 is 0 Å². The van der Waals surface area contributed by atoms with Gasteiger partial charge in [-0.3, -0.25) is 0 Å². The number of halogens is 4. The fourth-order valence-corrected chi connectivity index (χ4v) is 5.23. The van der Waals surface area contributed by atoms with Crippen molar-refractivity contribution in [2.75, 3.05) is 6.54 Å². The lowest BCUT2D eigenvalue weighted by Gasteiger charge is -2.47. The van der Waals surface area contributed by atoms with E-state index in [1.165, 1.54) is 12.1 Å². The van der Waals surface area contributed by atoms with Crippen LogP contribution in [-0.4, -0.2) is 47.6 Å². The molecular formula is C28H37F4N3O4. The van der Waals surface area contributed by atoms with Crippen molar-refractivity contribution in [3.8, 4) is 17.4 Å². The molecule has 2 heterocycles. The number of nitrogens with one attached hydrogen (secondary N) is 1. The summed E-state index contributed by atoms with van der Waals surface area (Å²) >= 11 is 0. The average Bonchev–Trinajstić information content (AvgIpc) is 2.81. The third-order valence-corrected chi connectivity index (χ3v) is 7.18. The van der Waals surface area contributed by atoms with Gasteiger partial charge >= 0.3 is 13.2 Å². The highest BCUT2D eigenvalue weighted by Crippen LogP contribution is 2.48. The van der Waals surface area contributed by atoms with E-state index in [9.17, 15) is 22.7 Å². The van der Waals surface area contributed by atoms with Crippen LogP contribution in [-0.2, 0) is 12.8 Å². The summed E-state index contributed by atoms with van der Waals surface area (Å²) in [4.78, 5) is 4.63. The second kappa shape index (κ2) is 11.9. The molecule has 0 unspecified atom stereocenters. The van der Waals surface area contributed by atoms with Gasteiger partial charge in [-0.2, -0.15) is 17.6 Å². The number of hydrogen-bond acceptors (Lipinski definition) is 7.